The van der Waals surface area contributed by atoms with Crippen LogP contribution >= 0.6 is 0 Å². The summed E-state index contributed by atoms with van der Waals surface area (Å²) in [6, 6.07) is -0.547. The van der Waals surface area contributed by atoms with E-state index in [9.17, 15) is 19.8 Å². The number of unbranched alkanes of at least 4 members (excludes halogenated alkanes) is 38. The average Bonchev–Trinajstić information content (AvgIpc) is 3.36. The highest BCUT2D eigenvalue weighted by atomic mass is 16.5. The van der Waals surface area contributed by atoms with Crippen LogP contribution in [0.1, 0.15) is 322 Å². The van der Waals surface area contributed by atoms with Crippen LogP contribution in [0, 0.1) is 0 Å². The zero-order chi connectivity index (χ0) is 50.7. The number of carbonyl (C=O) groups is 2. The van der Waals surface area contributed by atoms with Crippen molar-refractivity contribution in [2.45, 2.75) is 334 Å². The molecule has 0 saturated carbocycles. The fourth-order valence-corrected chi connectivity index (χ4v) is 9.39. The quantitative estimate of drug-likeness (QED) is 0.0321. The molecule has 6 nitrogen and oxygen atoms in total. The Labute approximate surface area is 436 Å². The summed E-state index contributed by atoms with van der Waals surface area (Å²) in [5.74, 6) is -0.0879. The molecule has 0 spiro atoms. The van der Waals surface area contributed by atoms with Crippen LogP contribution in [0.15, 0.2) is 48.6 Å². The van der Waals surface area contributed by atoms with Crippen molar-refractivity contribution in [2.24, 2.45) is 0 Å². The molecule has 0 rings (SSSR count). The van der Waals surface area contributed by atoms with E-state index in [0.717, 1.165) is 64.2 Å². The zero-order valence-corrected chi connectivity index (χ0v) is 46.7. The van der Waals surface area contributed by atoms with Crippen LogP contribution in [-0.2, 0) is 14.3 Å². The lowest BCUT2D eigenvalue weighted by Crippen LogP contribution is -2.45. The Morgan fingerprint density at radius 1 is 0.400 bits per heavy atom. The van der Waals surface area contributed by atoms with Crippen LogP contribution in [0.3, 0.4) is 0 Å². The van der Waals surface area contributed by atoms with E-state index in [-0.39, 0.29) is 18.5 Å². The summed E-state index contributed by atoms with van der Waals surface area (Å²) in [4.78, 5) is 24.5. The van der Waals surface area contributed by atoms with Gasteiger partial charge >= 0.3 is 5.97 Å². The van der Waals surface area contributed by atoms with Crippen LogP contribution in [0.25, 0.3) is 0 Å². The molecule has 0 bridgehead atoms. The SMILES string of the molecule is CCCCC/C=C\C/C=C\CCCCCCCC(=O)OCC/C=C\C/C=C\CCCCCCCCCCCCCCCCC(=O)NC(CO)C(O)CCCCCCCCCCCCCCCCCCC. The van der Waals surface area contributed by atoms with Crippen LogP contribution < -0.4 is 5.32 Å². The summed E-state index contributed by atoms with van der Waals surface area (Å²) in [5.41, 5.74) is 0. The van der Waals surface area contributed by atoms with Gasteiger partial charge < -0.3 is 20.3 Å². The Balaban J connectivity index is 3.47. The van der Waals surface area contributed by atoms with Gasteiger partial charge in [0.25, 0.3) is 0 Å². The van der Waals surface area contributed by atoms with Gasteiger partial charge in [-0.25, -0.2) is 0 Å². The van der Waals surface area contributed by atoms with E-state index in [1.165, 1.54) is 225 Å². The summed E-state index contributed by atoms with van der Waals surface area (Å²) < 4.78 is 5.41. The lowest BCUT2D eigenvalue weighted by Gasteiger charge is -2.22. The molecule has 0 heterocycles. The fraction of sp³-hybridized carbons (Fsp3) is 0.844. The number of esters is 1. The Bertz CT molecular complexity index is 1180. The molecule has 0 aromatic carbocycles. The molecule has 0 saturated heterocycles. The van der Waals surface area contributed by atoms with Gasteiger partial charge in [0.05, 0.1) is 25.4 Å². The molecule has 2 unspecified atom stereocenters. The predicted octanol–water partition coefficient (Wildman–Crippen LogP) is 19.4. The number of aliphatic hydroxyl groups excluding tert-OH is 2. The number of allylic oxidation sites excluding steroid dienone is 7. The minimum Gasteiger partial charge on any atom is -0.465 e. The van der Waals surface area contributed by atoms with Crippen molar-refractivity contribution in [2.75, 3.05) is 13.2 Å². The van der Waals surface area contributed by atoms with Gasteiger partial charge in [0, 0.05) is 12.8 Å². The van der Waals surface area contributed by atoms with Crippen LogP contribution in [0.2, 0.25) is 0 Å². The highest BCUT2D eigenvalue weighted by molar-refractivity contribution is 5.76. The lowest BCUT2D eigenvalue weighted by molar-refractivity contribution is -0.143. The Kier molecular flexibility index (Phi) is 57.5. The second-order valence-electron chi connectivity index (χ2n) is 21.0. The molecule has 2 atom stereocenters. The molecule has 70 heavy (non-hydrogen) atoms. The third-order valence-electron chi connectivity index (χ3n) is 14.1. The van der Waals surface area contributed by atoms with E-state index in [2.05, 4.69) is 67.8 Å². The van der Waals surface area contributed by atoms with Gasteiger partial charge in [-0.05, 0) is 77.0 Å². The molecule has 410 valence electrons. The summed E-state index contributed by atoms with van der Waals surface area (Å²) in [5, 5.41) is 23.3. The zero-order valence-electron chi connectivity index (χ0n) is 46.7. The third-order valence-corrected chi connectivity index (χ3v) is 14.1. The number of hydrogen-bond acceptors (Lipinski definition) is 5. The Hall–Kier alpha value is -2.18. The van der Waals surface area contributed by atoms with Crippen molar-refractivity contribution in [1.82, 2.24) is 5.32 Å². The van der Waals surface area contributed by atoms with Gasteiger partial charge in [0.1, 0.15) is 0 Å². The lowest BCUT2D eigenvalue weighted by atomic mass is 10.0. The first-order valence-corrected chi connectivity index (χ1v) is 30.9. The molecule has 0 aliphatic rings. The summed E-state index contributed by atoms with van der Waals surface area (Å²) in [7, 11) is 0. The van der Waals surface area contributed by atoms with E-state index in [4.69, 9.17) is 4.74 Å². The molecule has 3 N–H and O–H groups in total. The predicted molar refractivity (Wildman–Crippen MR) is 306 cm³/mol. The van der Waals surface area contributed by atoms with Gasteiger partial charge in [-0.2, -0.15) is 0 Å². The van der Waals surface area contributed by atoms with Crippen LogP contribution in [0.4, 0.5) is 0 Å². The molecule has 0 aliphatic carbocycles. The van der Waals surface area contributed by atoms with Gasteiger partial charge in [0.15, 0.2) is 0 Å². The fourth-order valence-electron chi connectivity index (χ4n) is 9.39. The minimum atomic E-state index is -0.669. The Morgan fingerprint density at radius 3 is 1.11 bits per heavy atom. The van der Waals surface area contributed by atoms with Crippen molar-refractivity contribution in [3.8, 4) is 0 Å². The Morgan fingerprint density at radius 2 is 0.714 bits per heavy atom. The normalized spacial score (nSPS) is 12.9. The van der Waals surface area contributed by atoms with E-state index < -0.39 is 12.1 Å². The first-order valence-electron chi connectivity index (χ1n) is 30.9. The molecule has 0 aliphatic heterocycles. The molecule has 0 fully saturated rings. The van der Waals surface area contributed by atoms with Crippen LogP contribution in [-0.4, -0.2) is 47.4 Å². The largest absolute Gasteiger partial charge is 0.465 e. The number of ether oxygens (including phenoxy) is 1. The smallest absolute Gasteiger partial charge is 0.305 e. The topological polar surface area (TPSA) is 95.9 Å². The van der Waals surface area contributed by atoms with Crippen molar-refractivity contribution < 1.29 is 24.5 Å². The van der Waals surface area contributed by atoms with Gasteiger partial charge in [0.2, 0.25) is 5.91 Å². The number of carbonyl (C=O) groups excluding carboxylic acids is 2. The molecule has 1 amide bonds. The third kappa shape index (κ3) is 55.1. The van der Waals surface area contributed by atoms with Gasteiger partial charge in [-0.15, -0.1) is 0 Å². The molecule has 0 aromatic heterocycles. The first kappa shape index (κ1) is 67.8. The maximum Gasteiger partial charge on any atom is 0.305 e. The summed E-state index contributed by atoms with van der Waals surface area (Å²) >= 11 is 0. The molecular weight excluding hydrogens is 863 g/mol. The van der Waals surface area contributed by atoms with Crippen molar-refractivity contribution in [3.63, 3.8) is 0 Å². The summed E-state index contributed by atoms with van der Waals surface area (Å²) in [6.07, 6.45) is 75.6. The highest BCUT2D eigenvalue weighted by Gasteiger charge is 2.20. The summed E-state index contributed by atoms with van der Waals surface area (Å²) in [6.45, 7) is 4.82. The second-order valence-corrected chi connectivity index (χ2v) is 21.0. The monoisotopic (exact) mass is 982 g/mol. The maximum absolute atomic E-state index is 12.5. The van der Waals surface area contributed by atoms with Crippen LogP contribution in [0.5, 0.6) is 0 Å². The number of aliphatic hydroxyl groups is 2. The first-order chi connectivity index (χ1) is 34.5. The van der Waals surface area contributed by atoms with E-state index in [0.29, 0.717) is 25.9 Å². The molecule has 0 radical (unpaired) electrons. The maximum atomic E-state index is 12.5. The van der Waals surface area contributed by atoms with E-state index >= 15 is 0 Å². The number of nitrogens with one attached hydrogen (secondary N) is 1. The van der Waals surface area contributed by atoms with E-state index in [1.807, 2.05) is 0 Å². The molecule has 6 heteroatoms. The number of hydrogen-bond donors (Lipinski definition) is 3. The van der Waals surface area contributed by atoms with Crippen molar-refractivity contribution in [1.29, 1.82) is 0 Å². The molecule has 0 aromatic rings. The number of amides is 1. The van der Waals surface area contributed by atoms with Gasteiger partial charge in [-0.3, -0.25) is 9.59 Å². The minimum absolute atomic E-state index is 0.0386. The van der Waals surface area contributed by atoms with Gasteiger partial charge in [-0.1, -0.05) is 281 Å². The molecular formula is C64H119NO5. The standard InChI is InChI=1S/C64H119NO5/c1-3-5-7-9-11-13-15-17-19-25-29-32-36-40-44-48-52-56-62(67)61(60-66)65-63(68)57-53-49-45-41-37-33-30-26-23-21-20-22-24-27-31-35-39-43-47-51-55-59-70-64(69)58-54-50-46-42-38-34-28-18-16-14-12-10-8-6-4-2/h12,14,18,28,35,39,47,51,61-62,66-67H,3-11,13,15-17,19-27,29-34,36-38,40-46,48-50,52-60H2,1-2H3,(H,65,68)/b14-12-,28-18-,39-35-,51-47-. The van der Waals surface area contributed by atoms with Crippen molar-refractivity contribution in [3.05, 3.63) is 48.6 Å². The van der Waals surface area contributed by atoms with Crippen molar-refractivity contribution >= 4 is 11.9 Å². The van der Waals surface area contributed by atoms with E-state index in [1.54, 1.807) is 0 Å². The average molecular weight is 983 g/mol. The highest BCUT2D eigenvalue weighted by Crippen LogP contribution is 2.17. The second kappa shape index (κ2) is 59.4. The number of rotatable bonds is 57.